The second kappa shape index (κ2) is 6.05. The number of nitrogens with zero attached hydrogens (tertiary/aromatic N) is 1. The van der Waals surface area contributed by atoms with Crippen LogP contribution in [0.15, 0.2) is 24.3 Å². The van der Waals surface area contributed by atoms with Gasteiger partial charge in [-0.05, 0) is 37.4 Å². The van der Waals surface area contributed by atoms with Gasteiger partial charge in [-0.1, -0.05) is 18.6 Å². The zero-order valence-corrected chi connectivity index (χ0v) is 11.9. The van der Waals surface area contributed by atoms with E-state index in [1.165, 1.54) is 23.1 Å². The lowest BCUT2D eigenvalue weighted by Crippen LogP contribution is -2.42. The molecule has 21 heavy (non-hydrogen) atoms. The molecule has 1 aromatic rings. The normalized spacial score (nSPS) is 22.3. The lowest BCUT2D eigenvalue weighted by Gasteiger charge is -2.30. The van der Waals surface area contributed by atoms with Gasteiger partial charge in [-0.3, -0.25) is 4.79 Å². The van der Waals surface area contributed by atoms with E-state index in [1.807, 2.05) is 0 Å². The first-order chi connectivity index (χ1) is 9.86. The first-order valence-corrected chi connectivity index (χ1v) is 6.99. The molecule has 1 saturated carbocycles. The quantitative estimate of drug-likeness (QED) is 0.933. The number of carbonyl (C=O) groups excluding carboxylic acids is 1. The van der Waals surface area contributed by atoms with Crippen LogP contribution in [0.25, 0.3) is 0 Å². The fourth-order valence-electron chi connectivity index (χ4n) is 3.06. The molecule has 0 radical (unpaired) electrons. The van der Waals surface area contributed by atoms with E-state index in [-0.39, 0.29) is 17.5 Å². The minimum Gasteiger partial charge on any atom is -0.338 e. The Kier molecular flexibility index (Phi) is 4.56. The van der Waals surface area contributed by atoms with Crippen molar-refractivity contribution in [1.82, 2.24) is 4.90 Å². The average Bonchev–Trinajstić information content (AvgIpc) is 2.93. The number of hydrogen-bond acceptors (Lipinski definition) is 2. The van der Waals surface area contributed by atoms with Crippen molar-refractivity contribution in [3.63, 3.8) is 0 Å². The van der Waals surface area contributed by atoms with Crippen molar-refractivity contribution in [3.05, 3.63) is 35.4 Å². The van der Waals surface area contributed by atoms with E-state index in [1.54, 1.807) is 7.05 Å². The molecule has 0 bridgehead atoms. The van der Waals surface area contributed by atoms with Crippen molar-refractivity contribution in [2.24, 2.45) is 11.7 Å². The Labute approximate surface area is 121 Å². The van der Waals surface area contributed by atoms with Crippen LogP contribution >= 0.6 is 0 Å². The molecular formula is C15H19F3N2O. The van der Waals surface area contributed by atoms with E-state index in [0.29, 0.717) is 6.54 Å². The summed E-state index contributed by atoms with van der Waals surface area (Å²) in [5.74, 6) is -0.426. The molecule has 0 spiro atoms. The molecule has 2 rings (SSSR count). The SMILES string of the molecule is CN(C(=O)c1ccccc1C(F)(F)F)C1CCCC1CN. The Morgan fingerprint density at radius 3 is 2.62 bits per heavy atom. The van der Waals surface area contributed by atoms with Gasteiger partial charge in [0.1, 0.15) is 0 Å². The van der Waals surface area contributed by atoms with E-state index in [9.17, 15) is 18.0 Å². The molecular weight excluding hydrogens is 281 g/mol. The molecule has 2 atom stereocenters. The summed E-state index contributed by atoms with van der Waals surface area (Å²) in [5, 5.41) is 0. The molecule has 0 saturated heterocycles. The van der Waals surface area contributed by atoms with Gasteiger partial charge in [-0.25, -0.2) is 0 Å². The highest BCUT2D eigenvalue weighted by atomic mass is 19.4. The van der Waals surface area contributed by atoms with Crippen molar-refractivity contribution in [2.45, 2.75) is 31.5 Å². The highest BCUT2D eigenvalue weighted by Gasteiger charge is 2.38. The Morgan fingerprint density at radius 2 is 2.00 bits per heavy atom. The minimum atomic E-state index is -4.53. The van der Waals surface area contributed by atoms with E-state index >= 15 is 0 Å². The highest BCUT2D eigenvalue weighted by Crippen LogP contribution is 2.34. The number of hydrogen-bond donors (Lipinski definition) is 1. The molecule has 1 aliphatic carbocycles. The fourth-order valence-corrected chi connectivity index (χ4v) is 3.06. The molecule has 6 heteroatoms. The molecule has 3 nitrogen and oxygen atoms in total. The second-order valence-corrected chi connectivity index (χ2v) is 5.45. The van der Waals surface area contributed by atoms with Crippen LogP contribution in [0, 0.1) is 5.92 Å². The lowest BCUT2D eigenvalue weighted by atomic mass is 10.0. The number of rotatable bonds is 3. The summed E-state index contributed by atoms with van der Waals surface area (Å²) < 4.78 is 39.0. The standard InChI is InChI=1S/C15H19F3N2O/c1-20(13-8-4-5-10(13)9-19)14(21)11-6-2-3-7-12(11)15(16,17)18/h2-3,6-7,10,13H,4-5,8-9,19H2,1H3. The zero-order chi connectivity index (χ0) is 15.6. The Bertz CT molecular complexity index is 516. The average molecular weight is 300 g/mol. The van der Waals surface area contributed by atoms with Crippen LogP contribution in [0.5, 0.6) is 0 Å². The smallest absolute Gasteiger partial charge is 0.338 e. The number of benzene rings is 1. The summed E-state index contributed by atoms with van der Waals surface area (Å²) in [6, 6.07) is 4.83. The summed E-state index contributed by atoms with van der Waals surface area (Å²) in [5.41, 5.74) is 4.50. The maximum atomic E-state index is 13.0. The molecule has 2 N–H and O–H groups in total. The van der Waals surface area contributed by atoms with Crippen LogP contribution in [-0.2, 0) is 6.18 Å². The molecule has 116 valence electrons. The van der Waals surface area contributed by atoms with E-state index in [0.717, 1.165) is 25.3 Å². The first-order valence-electron chi connectivity index (χ1n) is 6.99. The van der Waals surface area contributed by atoms with E-state index in [4.69, 9.17) is 5.73 Å². The fraction of sp³-hybridized carbons (Fsp3) is 0.533. The maximum absolute atomic E-state index is 13.0. The van der Waals surface area contributed by atoms with Crippen molar-refractivity contribution < 1.29 is 18.0 Å². The number of halogens is 3. The molecule has 2 unspecified atom stereocenters. The molecule has 1 amide bonds. The molecule has 1 aliphatic rings. The van der Waals surface area contributed by atoms with Gasteiger partial charge in [-0.15, -0.1) is 0 Å². The summed E-state index contributed by atoms with van der Waals surface area (Å²) in [4.78, 5) is 13.9. The minimum absolute atomic E-state index is 0.0798. The molecule has 1 aromatic carbocycles. The van der Waals surface area contributed by atoms with Gasteiger partial charge in [-0.2, -0.15) is 13.2 Å². The van der Waals surface area contributed by atoms with Crippen molar-refractivity contribution >= 4 is 5.91 Å². The van der Waals surface area contributed by atoms with E-state index in [2.05, 4.69) is 0 Å². The predicted molar refractivity (Wildman–Crippen MR) is 73.7 cm³/mol. The summed E-state index contributed by atoms with van der Waals surface area (Å²) in [7, 11) is 1.56. The Hall–Kier alpha value is -1.56. The highest BCUT2D eigenvalue weighted by molar-refractivity contribution is 5.96. The van der Waals surface area contributed by atoms with Crippen LogP contribution < -0.4 is 5.73 Å². The lowest BCUT2D eigenvalue weighted by molar-refractivity contribution is -0.138. The first kappa shape index (κ1) is 15.8. The third-order valence-electron chi connectivity index (χ3n) is 4.20. The van der Waals surface area contributed by atoms with Gasteiger partial charge in [0, 0.05) is 13.1 Å². The van der Waals surface area contributed by atoms with Crippen LogP contribution in [-0.4, -0.2) is 30.4 Å². The van der Waals surface area contributed by atoms with Gasteiger partial charge >= 0.3 is 6.18 Å². The number of nitrogens with two attached hydrogens (primary N) is 1. The van der Waals surface area contributed by atoms with Gasteiger partial charge in [0.25, 0.3) is 5.91 Å². The Morgan fingerprint density at radius 1 is 1.33 bits per heavy atom. The predicted octanol–water partition coefficient (Wildman–Crippen LogP) is 2.90. The second-order valence-electron chi connectivity index (χ2n) is 5.45. The molecule has 0 aromatic heterocycles. The Balaban J connectivity index is 2.28. The van der Waals surface area contributed by atoms with Crippen LogP contribution in [0.2, 0.25) is 0 Å². The molecule has 0 heterocycles. The van der Waals surface area contributed by atoms with Gasteiger partial charge in [0.2, 0.25) is 0 Å². The number of carbonyl (C=O) groups is 1. The number of alkyl halides is 3. The third-order valence-corrected chi connectivity index (χ3v) is 4.20. The zero-order valence-electron chi connectivity index (χ0n) is 11.9. The van der Waals surface area contributed by atoms with Crippen LogP contribution in [0.4, 0.5) is 13.2 Å². The van der Waals surface area contributed by atoms with E-state index < -0.39 is 17.6 Å². The summed E-state index contributed by atoms with van der Waals surface area (Å²) in [6.07, 6.45) is -1.88. The molecule has 1 fully saturated rings. The van der Waals surface area contributed by atoms with Gasteiger partial charge < -0.3 is 10.6 Å². The topological polar surface area (TPSA) is 46.3 Å². The monoisotopic (exact) mass is 300 g/mol. The maximum Gasteiger partial charge on any atom is 0.417 e. The largest absolute Gasteiger partial charge is 0.417 e. The number of amides is 1. The third kappa shape index (κ3) is 3.20. The summed E-state index contributed by atoms with van der Waals surface area (Å²) >= 11 is 0. The summed E-state index contributed by atoms with van der Waals surface area (Å²) in [6.45, 7) is 0.448. The van der Waals surface area contributed by atoms with Crippen molar-refractivity contribution in [3.8, 4) is 0 Å². The molecule has 0 aliphatic heterocycles. The van der Waals surface area contributed by atoms with Crippen molar-refractivity contribution in [2.75, 3.05) is 13.6 Å². The van der Waals surface area contributed by atoms with Gasteiger partial charge in [0.15, 0.2) is 0 Å². The van der Waals surface area contributed by atoms with Crippen molar-refractivity contribution in [1.29, 1.82) is 0 Å². The van der Waals surface area contributed by atoms with Crippen LogP contribution in [0.3, 0.4) is 0 Å². The van der Waals surface area contributed by atoms with Crippen LogP contribution in [0.1, 0.15) is 35.2 Å². The van der Waals surface area contributed by atoms with Gasteiger partial charge in [0.05, 0.1) is 11.1 Å².